The van der Waals surface area contributed by atoms with Gasteiger partial charge in [0.1, 0.15) is 0 Å². The maximum absolute atomic E-state index is 12.7. The highest BCUT2D eigenvalue weighted by molar-refractivity contribution is 8.16. The molecule has 2 amide bonds. The predicted octanol–water partition coefficient (Wildman–Crippen LogP) is 4.83. The highest BCUT2D eigenvalue weighted by Gasteiger charge is 2.20. The maximum atomic E-state index is 12.7. The molecule has 0 spiro atoms. The van der Waals surface area contributed by atoms with Crippen molar-refractivity contribution in [3.63, 3.8) is 0 Å². The number of benzene rings is 2. The molecule has 7 nitrogen and oxygen atoms in total. The summed E-state index contributed by atoms with van der Waals surface area (Å²) >= 11 is 3.86. The largest absolute Gasteiger partial charge is 0.490 e. The third kappa shape index (κ3) is 6.74. The van der Waals surface area contributed by atoms with Crippen molar-refractivity contribution in [1.82, 2.24) is 10.9 Å². The van der Waals surface area contributed by atoms with Crippen molar-refractivity contribution in [3.8, 4) is 17.2 Å². The molecule has 2 aromatic carbocycles. The van der Waals surface area contributed by atoms with E-state index in [1.165, 1.54) is 12.0 Å². The summed E-state index contributed by atoms with van der Waals surface area (Å²) < 4.78 is 17.4. The summed E-state index contributed by atoms with van der Waals surface area (Å²) in [4.78, 5) is 25.3. The Morgan fingerprint density at radius 2 is 1.33 bits per heavy atom. The van der Waals surface area contributed by atoms with E-state index in [4.69, 9.17) is 14.2 Å². The zero-order valence-electron chi connectivity index (χ0n) is 19.1. The molecule has 33 heavy (non-hydrogen) atoms. The molecule has 0 saturated carbocycles. The van der Waals surface area contributed by atoms with Crippen LogP contribution in [0, 0.1) is 0 Å². The van der Waals surface area contributed by atoms with Crippen molar-refractivity contribution >= 4 is 35.3 Å². The summed E-state index contributed by atoms with van der Waals surface area (Å²) in [7, 11) is 0. The third-order valence-electron chi connectivity index (χ3n) is 4.73. The topological polar surface area (TPSA) is 85.9 Å². The van der Waals surface area contributed by atoms with Gasteiger partial charge in [-0.15, -0.1) is 23.5 Å². The number of amides is 2. The molecule has 1 aliphatic rings. The van der Waals surface area contributed by atoms with Crippen molar-refractivity contribution in [1.29, 1.82) is 0 Å². The van der Waals surface area contributed by atoms with Gasteiger partial charge in [0.2, 0.25) is 5.75 Å². The van der Waals surface area contributed by atoms with Gasteiger partial charge in [-0.2, -0.15) is 0 Å². The van der Waals surface area contributed by atoms with Crippen LogP contribution in [0.15, 0.2) is 36.4 Å². The van der Waals surface area contributed by atoms with E-state index in [1.807, 2.05) is 56.4 Å². The summed E-state index contributed by atoms with van der Waals surface area (Å²) in [5.74, 6) is 2.73. The molecule has 0 unspecified atom stereocenters. The van der Waals surface area contributed by atoms with E-state index in [2.05, 4.69) is 10.9 Å². The minimum atomic E-state index is -0.486. The van der Waals surface area contributed by atoms with Crippen LogP contribution in [0.5, 0.6) is 17.2 Å². The van der Waals surface area contributed by atoms with Crippen molar-refractivity contribution in [2.24, 2.45) is 0 Å². The molecule has 0 aromatic heterocycles. The lowest BCUT2D eigenvalue weighted by Crippen LogP contribution is -2.41. The van der Waals surface area contributed by atoms with Crippen molar-refractivity contribution in [2.75, 3.05) is 31.3 Å². The summed E-state index contributed by atoms with van der Waals surface area (Å²) in [5.41, 5.74) is 6.90. The summed E-state index contributed by atoms with van der Waals surface area (Å²) in [6.07, 6.45) is 1.23. The average molecular weight is 491 g/mol. The van der Waals surface area contributed by atoms with Gasteiger partial charge in [0.25, 0.3) is 11.8 Å². The van der Waals surface area contributed by atoms with Gasteiger partial charge in [-0.1, -0.05) is 12.1 Å². The van der Waals surface area contributed by atoms with Crippen molar-refractivity contribution < 1.29 is 23.8 Å². The van der Waals surface area contributed by atoms with Crippen molar-refractivity contribution in [2.45, 2.75) is 31.8 Å². The van der Waals surface area contributed by atoms with Gasteiger partial charge < -0.3 is 14.2 Å². The second kappa shape index (κ2) is 12.6. The Bertz CT molecular complexity index is 919. The monoisotopic (exact) mass is 490 g/mol. The van der Waals surface area contributed by atoms with E-state index >= 15 is 0 Å². The third-order valence-corrected chi connectivity index (χ3v) is 7.75. The predicted molar refractivity (Wildman–Crippen MR) is 134 cm³/mol. The minimum Gasteiger partial charge on any atom is -0.490 e. The molecule has 1 saturated heterocycles. The lowest BCUT2D eigenvalue weighted by molar-refractivity contribution is 0.0846. The molecule has 0 aliphatic carbocycles. The quantitative estimate of drug-likeness (QED) is 0.487. The number of rotatable bonds is 9. The van der Waals surface area contributed by atoms with E-state index < -0.39 is 5.91 Å². The Morgan fingerprint density at radius 3 is 1.85 bits per heavy atom. The number of carbonyl (C=O) groups is 2. The van der Waals surface area contributed by atoms with E-state index in [1.54, 1.807) is 24.3 Å². The number of nitrogens with one attached hydrogen (secondary N) is 2. The Labute approximate surface area is 203 Å². The van der Waals surface area contributed by atoms with Crippen molar-refractivity contribution in [3.05, 3.63) is 53.1 Å². The molecule has 2 N–H and O–H groups in total. The summed E-state index contributed by atoms with van der Waals surface area (Å²) in [6.45, 7) is 6.79. The van der Waals surface area contributed by atoms with Crippen LogP contribution in [-0.2, 0) is 0 Å². The van der Waals surface area contributed by atoms with Gasteiger partial charge in [0, 0.05) is 11.1 Å². The number of ether oxygens (including phenoxy) is 3. The smallest absolute Gasteiger partial charge is 0.269 e. The molecule has 3 rings (SSSR count). The second-order valence-electron chi connectivity index (χ2n) is 7.06. The van der Waals surface area contributed by atoms with Gasteiger partial charge in [-0.25, -0.2) is 0 Å². The van der Waals surface area contributed by atoms with Crippen LogP contribution in [0.1, 0.15) is 58.1 Å². The Balaban J connectivity index is 1.67. The van der Waals surface area contributed by atoms with E-state index in [9.17, 15) is 9.59 Å². The number of carbonyl (C=O) groups excluding carboxylic acids is 2. The maximum Gasteiger partial charge on any atom is 0.269 e. The highest BCUT2D eigenvalue weighted by Crippen LogP contribution is 2.43. The van der Waals surface area contributed by atoms with Gasteiger partial charge in [-0.05, 0) is 68.5 Å². The van der Waals surface area contributed by atoms with E-state index in [0.29, 0.717) is 47.2 Å². The molecular formula is C24H30N2O5S2. The lowest BCUT2D eigenvalue weighted by atomic mass is 10.1. The first-order chi connectivity index (χ1) is 16.1. The Morgan fingerprint density at radius 1 is 0.818 bits per heavy atom. The highest BCUT2D eigenvalue weighted by atomic mass is 32.2. The summed E-state index contributed by atoms with van der Waals surface area (Å²) in [6, 6.07) is 10.7. The minimum absolute atomic E-state index is 0.285. The molecule has 0 radical (unpaired) electrons. The standard InChI is InChI=1S/C24H30N2O5S2/c1-4-29-19-14-18(15-20(30-5-2)21(19)31-6-3)23(28)26-25-22(27)16-8-10-17(11-9-16)24-32-12-7-13-33-24/h8-11,14-15,24H,4-7,12-13H2,1-3H3,(H,25,27)(H,26,28). The van der Waals surface area contributed by atoms with Gasteiger partial charge in [0.05, 0.1) is 24.4 Å². The number of thioether (sulfide) groups is 2. The molecule has 0 atom stereocenters. The lowest BCUT2D eigenvalue weighted by Gasteiger charge is -2.21. The molecule has 2 aromatic rings. The number of hydrogen-bond donors (Lipinski definition) is 2. The first-order valence-corrected chi connectivity index (χ1v) is 13.2. The zero-order chi connectivity index (χ0) is 23.6. The Hall–Kier alpha value is -2.52. The van der Waals surface area contributed by atoms with Gasteiger partial charge in [-0.3, -0.25) is 20.4 Å². The van der Waals surface area contributed by atoms with E-state index in [-0.39, 0.29) is 11.5 Å². The molecule has 1 heterocycles. The van der Waals surface area contributed by atoms with Crippen LogP contribution in [0.25, 0.3) is 0 Å². The van der Waals surface area contributed by atoms with Crippen LogP contribution in [0.3, 0.4) is 0 Å². The summed E-state index contributed by atoms with van der Waals surface area (Å²) in [5, 5.41) is 0. The van der Waals surface area contributed by atoms with Gasteiger partial charge >= 0.3 is 0 Å². The number of hydrogen-bond acceptors (Lipinski definition) is 7. The molecule has 1 fully saturated rings. The molecule has 9 heteroatoms. The SMILES string of the molecule is CCOc1cc(C(=O)NNC(=O)c2ccc(C3SCCCS3)cc2)cc(OCC)c1OCC. The first-order valence-electron chi connectivity index (χ1n) is 11.1. The second-order valence-corrected chi connectivity index (χ2v) is 9.78. The fourth-order valence-corrected chi connectivity index (χ4v) is 6.14. The van der Waals surface area contributed by atoms with Crippen LogP contribution in [0.4, 0.5) is 0 Å². The van der Waals surface area contributed by atoms with Crippen LogP contribution in [-0.4, -0.2) is 43.1 Å². The molecule has 0 bridgehead atoms. The molecular weight excluding hydrogens is 460 g/mol. The van der Waals surface area contributed by atoms with Gasteiger partial charge in [0.15, 0.2) is 11.5 Å². The van der Waals surface area contributed by atoms with Crippen LogP contribution >= 0.6 is 23.5 Å². The van der Waals surface area contributed by atoms with Crippen LogP contribution < -0.4 is 25.1 Å². The van der Waals surface area contributed by atoms with Crippen LogP contribution in [0.2, 0.25) is 0 Å². The molecule has 1 aliphatic heterocycles. The number of hydrazine groups is 1. The first kappa shape index (κ1) is 25.1. The molecule has 178 valence electrons. The Kier molecular flexibility index (Phi) is 9.62. The van der Waals surface area contributed by atoms with E-state index in [0.717, 1.165) is 11.5 Å². The fraction of sp³-hybridized carbons (Fsp3) is 0.417. The average Bonchev–Trinajstić information content (AvgIpc) is 2.85. The zero-order valence-corrected chi connectivity index (χ0v) is 20.8. The normalized spacial score (nSPS) is 13.8. The fourth-order valence-electron chi connectivity index (χ4n) is 3.25.